The maximum atomic E-state index is 13.0. The van der Waals surface area contributed by atoms with Gasteiger partial charge in [-0.2, -0.15) is 0 Å². The molecule has 1 amide bonds. The molecule has 11 heteroatoms. The van der Waals surface area contributed by atoms with Gasteiger partial charge in [-0.3, -0.25) is 9.59 Å². The van der Waals surface area contributed by atoms with E-state index in [1.54, 1.807) is 6.92 Å². The highest BCUT2D eigenvalue weighted by molar-refractivity contribution is 5.98. The van der Waals surface area contributed by atoms with Crippen LogP contribution in [0.2, 0.25) is 0 Å². The Kier molecular flexibility index (Phi) is 9.46. The van der Waals surface area contributed by atoms with Crippen LogP contribution in [-0.4, -0.2) is 74.3 Å². The molecule has 0 spiro atoms. The van der Waals surface area contributed by atoms with Crippen molar-refractivity contribution in [3.8, 4) is 11.5 Å². The Morgan fingerprint density at radius 3 is 2.71 bits per heavy atom. The van der Waals surface area contributed by atoms with Gasteiger partial charge in [0.15, 0.2) is 23.2 Å². The molecule has 3 atom stereocenters. The Hall–Kier alpha value is -2.92. The molecule has 188 valence electrons. The molecule has 0 unspecified atom stereocenters. The number of nitrogens with zero attached hydrogens (tertiary/aromatic N) is 1. The first-order valence-electron chi connectivity index (χ1n) is 11.4. The maximum Gasteiger partial charge on any atom is 0.331 e. The van der Waals surface area contributed by atoms with Gasteiger partial charge in [-0.1, -0.05) is 12.8 Å². The molecule has 1 N–H and O–H groups in total. The second-order valence-corrected chi connectivity index (χ2v) is 8.20. The monoisotopic (exact) mass is 480 g/mol. The van der Waals surface area contributed by atoms with Crippen molar-refractivity contribution in [3.63, 3.8) is 0 Å². The SMILES string of the molecule is COc1ccnc(C(=O)N[C@H]2COCC[C@@H](OC3CCCC3)[C@H](C)OC2=O)c1OCOC(C)=O. The minimum absolute atomic E-state index is 0.0282. The molecule has 0 radical (unpaired) electrons. The number of aromatic nitrogens is 1. The van der Waals surface area contributed by atoms with Crippen LogP contribution in [0.3, 0.4) is 0 Å². The lowest BCUT2D eigenvalue weighted by molar-refractivity contribution is -0.160. The van der Waals surface area contributed by atoms with Crippen molar-refractivity contribution in [2.24, 2.45) is 0 Å². The zero-order valence-electron chi connectivity index (χ0n) is 19.7. The molecule has 0 bridgehead atoms. The third kappa shape index (κ3) is 7.04. The summed E-state index contributed by atoms with van der Waals surface area (Å²) in [6.45, 7) is 2.86. The molecule has 2 aliphatic rings. The van der Waals surface area contributed by atoms with Crippen molar-refractivity contribution < 1.29 is 42.8 Å². The standard InChI is InChI=1S/C23H32N2O9/c1-14-18(34-16-6-4-5-7-16)9-11-30-12-17(23(28)33-14)25-22(27)20-21(32-13-31-15(2)26)19(29-3)8-10-24-20/h8,10,14,16-18H,4-7,9,11-13H2,1-3H3,(H,25,27)/t14-,17-,18+/m0/s1. The Morgan fingerprint density at radius 2 is 2.00 bits per heavy atom. The minimum Gasteiger partial charge on any atom is -0.493 e. The van der Waals surface area contributed by atoms with Crippen LogP contribution in [0.1, 0.15) is 56.4 Å². The average Bonchev–Trinajstić information content (AvgIpc) is 3.33. The van der Waals surface area contributed by atoms with Gasteiger partial charge in [-0.25, -0.2) is 9.78 Å². The summed E-state index contributed by atoms with van der Waals surface area (Å²) >= 11 is 0. The number of cyclic esters (lactones) is 1. The first-order chi connectivity index (χ1) is 16.4. The number of carbonyl (C=O) groups excluding carboxylic acids is 3. The highest BCUT2D eigenvalue weighted by atomic mass is 16.7. The number of hydrogen-bond acceptors (Lipinski definition) is 10. The quantitative estimate of drug-likeness (QED) is 0.434. The van der Waals surface area contributed by atoms with E-state index in [4.69, 9.17) is 28.4 Å². The van der Waals surface area contributed by atoms with Gasteiger partial charge in [0.2, 0.25) is 6.79 Å². The summed E-state index contributed by atoms with van der Waals surface area (Å²) in [5, 5.41) is 2.59. The molecule has 0 aromatic carbocycles. The second kappa shape index (κ2) is 12.5. The molecule has 2 heterocycles. The van der Waals surface area contributed by atoms with E-state index in [0.717, 1.165) is 25.7 Å². The summed E-state index contributed by atoms with van der Waals surface area (Å²) in [6.07, 6.45) is 5.64. The molecule has 1 aliphatic heterocycles. The van der Waals surface area contributed by atoms with E-state index in [1.165, 1.54) is 26.3 Å². The fourth-order valence-electron chi connectivity index (χ4n) is 3.89. The van der Waals surface area contributed by atoms with Crippen LogP contribution < -0.4 is 14.8 Å². The average molecular weight is 481 g/mol. The summed E-state index contributed by atoms with van der Waals surface area (Å²) in [4.78, 5) is 40.9. The predicted molar refractivity (Wildman–Crippen MR) is 117 cm³/mol. The van der Waals surface area contributed by atoms with Gasteiger partial charge in [0.05, 0.1) is 25.9 Å². The number of ether oxygens (including phenoxy) is 6. The van der Waals surface area contributed by atoms with Crippen LogP contribution in [0.5, 0.6) is 11.5 Å². The number of amides is 1. The van der Waals surface area contributed by atoms with Crippen molar-refractivity contribution in [2.75, 3.05) is 27.1 Å². The Labute approximate surface area is 198 Å². The predicted octanol–water partition coefficient (Wildman–Crippen LogP) is 1.77. The Bertz CT molecular complexity index is 857. The van der Waals surface area contributed by atoms with Gasteiger partial charge in [-0.05, 0) is 19.8 Å². The molecule has 1 saturated heterocycles. The van der Waals surface area contributed by atoms with Crippen LogP contribution in [0.15, 0.2) is 12.3 Å². The number of pyridine rings is 1. The summed E-state index contributed by atoms with van der Waals surface area (Å²) in [7, 11) is 1.39. The lowest BCUT2D eigenvalue weighted by Crippen LogP contribution is -2.46. The molecular formula is C23H32N2O9. The van der Waals surface area contributed by atoms with E-state index in [1.807, 2.05) is 0 Å². The first kappa shape index (κ1) is 25.7. The third-order valence-corrected chi connectivity index (χ3v) is 5.68. The van der Waals surface area contributed by atoms with E-state index in [9.17, 15) is 14.4 Å². The lowest BCUT2D eigenvalue weighted by atomic mass is 10.1. The number of methoxy groups -OCH3 is 1. The molecule has 1 saturated carbocycles. The lowest BCUT2D eigenvalue weighted by Gasteiger charge is -2.27. The van der Waals surface area contributed by atoms with Gasteiger partial charge < -0.3 is 33.7 Å². The largest absolute Gasteiger partial charge is 0.493 e. The minimum atomic E-state index is -1.06. The highest BCUT2D eigenvalue weighted by Gasteiger charge is 2.33. The number of esters is 2. The van der Waals surface area contributed by atoms with Gasteiger partial charge in [0.25, 0.3) is 5.91 Å². The van der Waals surface area contributed by atoms with E-state index in [-0.39, 0.29) is 36.0 Å². The molecule has 1 aliphatic carbocycles. The molecule has 34 heavy (non-hydrogen) atoms. The van der Waals surface area contributed by atoms with E-state index < -0.39 is 36.8 Å². The second-order valence-electron chi connectivity index (χ2n) is 8.20. The van der Waals surface area contributed by atoms with Crippen LogP contribution in [0.25, 0.3) is 0 Å². The molecule has 1 aromatic heterocycles. The maximum absolute atomic E-state index is 13.0. The van der Waals surface area contributed by atoms with Crippen LogP contribution in [0, 0.1) is 0 Å². The van der Waals surface area contributed by atoms with Crippen LogP contribution in [0.4, 0.5) is 0 Å². The normalized spacial score (nSPS) is 23.7. The van der Waals surface area contributed by atoms with E-state index >= 15 is 0 Å². The summed E-state index contributed by atoms with van der Waals surface area (Å²) in [5.41, 5.74) is -0.144. The van der Waals surface area contributed by atoms with Crippen molar-refractivity contribution in [3.05, 3.63) is 18.0 Å². The van der Waals surface area contributed by atoms with Gasteiger partial charge in [0, 0.05) is 32.2 Å². The fourth-order valence-corrected chi connectivity index (χ4v) is 3.89. The summed E-state index contributed by atoms with van der Waals surface area (Å²) in [5.74, 6) is -1.70. The smallest absolute Gasteiger partial charge is 0.331 e. The zero-order valence-corrected chi connectivity index (χ0v) is 19.7. The van der Waals surface area contributed by atoms with Gasteiger partial charge >= 0.3 is 11.9 Å². The van der Waals surface area contributed by atoms with Gasteiger partial charge in [0.1, 0.15) is 6.10 Å². The number of carbonyl (C=O) groups is 3. The Balaban J connectivity index is 1.67. The topological polar surface area (TPSA) is 132 Å². The molecule has 2 fully saturated rings. The molecule has 3 rings (SSSR count). The van der Waals surface area contributed by atoms with Crippen molar-refractivity contribution in [2.45, 2.75) is 70.3 Å². The highest BCUT2D eigenvalue weighted by Crippen LogP contribution is 2.30. The number of rotatable bonds is 8. The number of nitrogens with one attached hydrogen (secondary N) is 1. The van der Waals surface area contributed by atoms with Crippen LogP contribution in [-0.2, 0) is 28.5 Å². The Morgan fingerprint density at radius 1 is 1.24 bits per heavy atom. The molecular weight excluding hydrogens is 448 g/mol. The van der Waals surface area contributed by atoms with E-state index in [2.05, 4.69) is 10.3 Å². The zero-order chi connectivity index (χ0) is 24.5. The molecule has 1 aromatic rings. The summed E-state index contributed by atoms with van der Waals surface area (Å²) in [6, 6.07) is 0.429. The van der Waals surface area contributed by atoms with Crippen molar-refractivity contribution in [1.82, 2.24) is 10.3 Å². The van der Waals surface area contributed by atoms with E-state index in [0.29, 0.717) is 13.0 Å². The van der Waals surface area contributed by atoms with Crippen LogP contribution >= 0.6 is 0 Å². The van der Waals surface area contributed by atoms with Crippen molar-refractivity contribution >= 4 is 17.8 Å². The molecule has 11 nitrogen and oxygen atoms in total. The summed E-state index contributed by atoms with van der Waals surface area (Å²) < 4.78 is 32.8. The number of hydrogen-bond donors (Lipinski definition) is 1. The van der Waals surface area contributed by atoms with Gasteiger partial charge in [-0.15, -0.1) is 0 Å². The fraction of sp³-hybridized carbons (Fsp3) is 0.652. The van der Waals surface area contributed by atoms with Crippen molar-refractivity contribution in [1.29, 1.82) is 0 Å². The first-order valence-corrected chi connectivity index (χ1v) is 11.4. The third-order valence-electron chi connectivity index (χ3n) is 5.68.